The Morgan fingerprint density at radius 1 is 1.15 bits per heavy atom. The highest BCUT2D eigenvalue weighted by Crippen LogP contribution is 2.25. The van der Waals surface area contributed by atoms with Gasteiger partial charge in [0.05, 0.1) is 10.8 Å². The fraction of sp³-hybridized carbons (Fsp3) is 0.556. The molecule has 26 heavy (non-hydrogen) atoms. The van der Waals surface area contributed by atoms with E-state index in [9.17, 15) is 18.0 Å². The Labute approximate surface area is 155 Å². The second-order valence-corrected chi connectivity index (χ2v) is 8.74. The maximum Gasteiger partial charge on any atom is 0.309 e. The summed E-state index contributed by atoms with van der Waals surface area (Å²) in [5.74, 6) is -1.12. The van der Waals surface area contributed by atoms with Crippen LogP contribution in [0.3, 0.4) is 0 Å². The van der Waals surface area contributed by atoms with Crippen LogP contribution in [0.2, 0.25) is 0 Å². The second kappa shape index (κ2) is 8.18. The number of aryl methyl sites for hydroxylation is 1. The molecule has 1 fully saturated rings. The van der Waals surface area contributed by atoms with Crippen LogP contribution in [0.25, 0.3) is 0 Å². The molecule has 7 nitrogen and oxygen atoms in total. The van der Waals surface area contributed by atoms with Crippen molar-refractivity contribution >= 4 is 21.9 Å². The van der Waals surface area contributed by atoms with Crippen molar-refractivity contribution in [3.05, 3.63) is 29.8 Å². The fourth-order valence-electron chi connectivity index (χ4n) is 2.88. The number of amides is 1. The summed E-state index contributed by atoms with van der Waals surface area (Å²) in [7, 11) is -0.359. The van der Waals surface area contributed by atoms with Crippen LogP contribution in [0.1, 0.15) is 25.3 Å². The minimum atomic E-state index is -3.56. The summed E-state index contributed by atoms with van der Waals surface area (Å²) in [6.45, 7) is 3.95. The number of benzene rings is 1. The summed E-state index contributed by atoms with van der Waals surface area (Å²) in [6.07, 6.45) is -0.0774. The molecule has 0 aliphatic carbocycles. The number of sulfonamides is 1. The van der Waals surface area contributed by atoms with Crippen LogP contribution >= 0.6 is 0 Å². The predicted octanol–water partition coefficient (Wildman–Crippen LogP) is 1.42. The van der Waals surface area contributed by atoms with E-state index >= 15 is 0 Å². The van der Waals surface area contributed by atoms with E-state index in [0.717, 1.165) is 5.56 Å². The highest BCUT2D eigenvalue weighted by molar-refractivity contribution is 7.89. The highest BCUT2D eigenvalue weighted by Gasteiger charge is 2.34. The SMILES string of the molecule is Cc1ccc(S(=O)(=O)N2CCC(C(=O)OC(C)C(=O)N(C)C)CC2)cc1. The Morgan fingerprint density at radius 2 is 1.69 bits per heavy atom. The zero-order valence-electron chi connectivity index (χ0n) is 15.6. The minimum Gasteiger partial charge on any atom is -0.452 e. The van der Waals surface area contributed by atoms with Gasteiger partial charge in [-0.25, -0.2) is 8.42 Å². The standard InChI is InChI=1S/C18H26N2O5S/c1-13-5-7-16(8-6-13)26(23,24)20-11-9-15(10-12-20)18(22)25-14(2)17(21)19(3)4/h5-8,14-15H,9-12H2,1-4H3. The zero-order valence-corrected chi connectivity index (χ0v) is 16.5. The average Bonchev–Trinajstić information content (AvgIpc) is 2.61. The summed E-state index contributed by atoms with van der Waals surface area (Å²) < 4.78 is 32.0. The van der Waals surface area contributed by atoms with Gasteiger partial charge in [0, 0.05) is 27.2 Å². The van der Waals surface area contributed by atoms with Gasteiger partial charge in [-0.05, 0) is 38.8 Å². The molecule has 1 unspecified atom stereocenters. The Balaban J connectivity index is 1.95. The molecule has 1 saturated heterocycles. The third kappa shape index (κ3) is 4.62. The largest absolute Gasteiger partial charge is 0.452 e. The first kappa shape index (κ1) is 20.4. The Kier molecular flexibility index (Phi) is 6.41. The van der Waals surface area contributed by atoms with E-state index in [2.05, 4.69) is 0 Å². The van der Waals surface area contributed by atoms with Crippen LogP contribution in [-0.2, 0) is 24.3 Å². The normalized spacial score (nSPS) is 17.5. The number of rotatable bonds is 5. The maximum atomic E-state index is 12.7. The van der Waals surface area contributed by atoms with Gasteiger partial charge in [-0.1, -0.05) is 17.7 Å². The van der Waals surface area contributed by atoms with Crippen LogP contribution in [-0.4, -0.2) is 62.8 Å². The summed E-state index contributed by atoms with van der Waals surface area (Å²) in [5, 5.41) is 0. The molecular weight excluding hydrogens is 356 g/mol. The second-order valence-electron chi connectivity index (χ2n) is 6.80. The number of esters is 1. The van der Waals surface area contributed by atoms with E-state index in [1.807, 2.05) is 6.92 Å². The van der Waals surface area contributed by atoms with Crippen LogP contribution in [0, 0.1) is 12.8 Å². The molecule has 0 N–H and O–H groups in total. The van der Waals surface area contributed by atoms with E-state index in [0.29, 0.717) is 12.8 Å². The predicted molar refractivity (Wildman–Crippen MR) is 96.9 cm³/mol. The van der Waals surface area contributed by atoms with Gasteiger partial charge in [-0.15, -0.1) is 0 Å². The average molecular weight is 382 g/mol. The maximum absolute atomic E-state index is 12.7. The van der Waals surface area contributed by atoms with Crippen LogP contribution in [0.4, 0.5) is 0 Å². The number of ether oxygens (including phenoxy) is 1. The van der Waals surface area contributed by atoms with E-state index in [4.69, 9.17) is 4.74 Å². The third-order valence-electron chi connectivity index (χ3n) is 4.53. The van der Waals surface area contributed by atoms with Crippen molar-refractivity contribution in [1.29, 1.82) is 0 Å². The van der Waals surface area contributed by atoms with Crippen LogP contribution in [0.15, 0.2) is 29.2 Å². The molecule has 1 atom stereocenters. The molecule has 1 amide bonds. The van der Waals surface area contributed by atoms with E-state index in [1.165, 1.54) is 16.1 Å². The summed E-state index contributed by atoms with van der Waals surface area (Å²) in [4.78, 5) is 25.7. The Bertz CT molecular complexity index is 750. The minimum absolute atomic E-state index is 0.256. The number of hydrogen-bond acceptors (Lipinski definition) is 5. The Morgan fingerprint density at radius 3 is 2.19 bits per heavy atom. The van der Waals surface area contributed by atoms with Gasteiger partial charge in [-0.3, -0.25) is 9.59 Å². The molecule has 1 heterocycles. The fourth-order valence-corrected chi connectivity index (χ4v) is 4.35. The van der Waals surface area contributed by atoms with Crippen molar-refractivity contribution in [2.24, 2.45) is 5.92 Å². The van der Waals surface area contributed by atoms with Crippen molar-refractivity contribution < 1.29 is 22.7 Å². The van der Waals surface area contributed by atoms with Crippen molar-refractivity contribution in [2.45, 2.75) is 37.7 Å². The first-order valence-electron chi connectivity index (χ1n) is 8.61. The third-order valence-corrected chi connectivity index (χ3v) is 6.44. The van der Waals surface area contributed by atoms with Gasteiger partial charge < -0.3 is 9.64 Å². The molecule has 0 bridgehead atoms. The first-order chi connectivity index (χ1) is 12.1. The molecule has 2 rings (SSSR count). The van der Waals surface area contributed by atoms with Gasteiger partial charge in [0.2, 0.25) is 10.0 Å². The first-order valence-corrected chi connectivity index (χ1v) is 10.1. The van der Waals surface area contributed by atoms with E-state index in [-0.39, 0.29) is 23.9 Å². The molecule has 1 aromatic rings. The highest BCUT2D eigenvalue weighted by atomic mass is 32.2. The number of nitrogens with zero attached hydrogens (tertiary/aromatic N) is 2. The van der Waals surface area contributed by atoms with Crippen molar-refractivity contribution in [3.8, 4) is 0 Å². The quantitative estimate of drug-likeness (QED) is 0.719. The Hall–Kier alpha value is -1.93. The number of carbonyl (C=O) groups excluding carboxylic acids is 2. The van der Waals surface area contributed by atoms with Crippen LogP contribution < -0.4 is 0 Å². The van der Waals surface area contributed by atoms with Crippen molar-refractivity contribution in [2.75, 3.05) is 27.2 Å². The van der Waals surface area contributed by atoms with Gasteiger partial charge in [0.15, 0.2) is 6.10 Å². The molecule has 144 valence electrons. The molecule has 8 heteroatoms. The van der Waals surface area contributed by atoms with Crippen molar-refractivity contribution in [1.82, 2.24) is 9.21 Å². The number of carbonyl (C=O) groups is 2. The molecule has 1 aliphatic rings. The van der Waals surface area contributed by atoms with Gasteiger partial charge in [0.1, 0.15) is 0 Å². The lowest BCUT2D eigenvalue weighted by atomic mass is 9.98. The summed E-state index contributed by atoms with van der Waals surface area (Å²) in [6, 6.07) is 6.72. The summed E-state index contributed by atoms with van der Waals surface area (Å²) in [5.41, 5.74) is 0.992. The van der Waals surface area contributed by atoms with Gasteiger partial charge >= 0.3 is 5.97 Å². The van der Waals surface area contributed by atoms with Crippen molar-refractivity contribution in [3.63, 3.8) is 0 Å². The molecule has 0 radical (unpaired) electrons. The van der Waals surface area contributed by atoms with E-state index < -0.39 is 28.0 Å². The van der Waals surface area contributed by atoms with Gasteiger partial charge in [0.25, 0.3) is 5.91 Å². The van der Waals surface area contributed by atoms with Gasteiger partial charge in [-0.2, -0.15) is 4.31 Å². The number of piperidine rings is 1. The molecular formula is C18H26N2O5S. The molecule has 0 saturated carbocycles. The number of hydrogen-bond donors (Lipinski definition) is 0. The molecule has 0 aromatic heterocycles. The lowest BCUT2D eigenvalue weighted by Gasteiger charge is -2.30. The van der Waals surface area contributed by atoms with E-state index in [1.54, 1.807) is 38.4 Å². The lowest BCUT2D eigenvalue weighted by Crippen LogP contribution is -2.42. The monoisotopic (exact) mass is 382 g/mol. The number of likely N-dealkylation sites (N-methyl/N-ethyl adjacent to an activating group) is 1. The summed E-state index contributed by atoms with van der Waals surface area (Å²) >= 11 is 0. The molecule has 1 aliphatic heterocycles. The molecule has 0 spiro atoms. The smallest absolute Gasteiger partial charge is 0.309 e. The zero-order chi connectivity index (χ0) is 19.5. The molecule has 1 aromatic carbocycles. The topological polar surface area (TPSA) is 84.0 Å². The lowest BCUT2D eigenvalue weighted by molar-refractivity contribution is -0.162. The van der Waals surface area contributed by atoms with Crippen LogP contribution in [0.5, 0.6) is 0 Å².